The number of imidazole rings is 1. The van der Waals surface area contributed by atoms with E-state index in [1.807, 2.05) is 30.7 Å². The highest BCUT2D eigenvalue weighted by Gasteiger charge is 2.52. The molecule has 3 heterocycles. The van der Waals surface area contributed by atoms with Crippen molar-refractivity contribution < 1.29 is 9.52 Å². The summed E-state index contributed by atoms with van der Waals surface area (Å²) >= 11 is 0. The Kier molecular flexibility index (Phi) is 4.41. The van der Waals surface area contributed by atoms with E-state index in [-0.39, 0.29) is 11.5 Å². The molecule has 3 aromatic rings. The van der Waals surface area contributed by atoms with Crippen molar-refractivity contribution in [3.05, 3.63) is 84.3 Å². The summed E-state index contributed by atoms with van der Waals surface area (Å²) in [6, 6.07) is 12.4. The highest BCUT2D eigenvalue weighted by atomic mass is 16.3. The third-order valence-electron chi connectivity index (χ3n) is 6.46. The van der Waals surface area contributed by atoms with E-state index in [0.29, 0.717) is 0 Å². The molecule has 2 atom stereocenters. The average Bonchev–Trinajstić information content (AvgIpc) is 3.46. The third-order valence-corrected chi connectivity index (χ3v) is 6.46. The lowest BCUT2D eigenvalue weighted by atomic mass is 9.72. The molecule has 5 rings (SSSR count). The Morgan fingerprint density at radius 2 is 2.04 bits per heavy atom. The Labute approximate surface area is 164 Å². The van der Waals surface area contributed by atoms with Gasteiger partial charge in [0, 0.05) is 24.4 Å². The average molecular weight is 375 g/mol. The molecule has 1 aromatic carbocycles. The van der Waals surface area contributed by atoms with Gasteiger partial charge in [-0.25, -0.2) is 4.98 Å². The molecule has 0 radical (unpaired) electrons. The molecule has 0 saturated carbocycles. The number of likely N-dealkylation sites (tertiary alicyclic amines) is 1. The van der Waals surface area contributed by atoms with Crippen molar-refractivity contribution in [1.82, 2.24) is 14.5 Å². The first kappa shape index (κ1) is 17.5. The maximum atomic E-state index is 11.5. The van der Waals surface area contributed by atoms with Gasteiger partial charge in [0.1, 0.15) is 5.76 Å². The Bertz CT molecular complexity index is 938. The van der Waals surface area contributed by atoms with E-state index in [4.69, 9.17) is 4.42 Å². The summed E-state index contributed by atoms with van der Waals surface area (Å²) in [4.78, 5) is 6.65. The smallest absolute Gasteiger partial charge is 0.126 e. The molecule has 1 N–H and O–H groups in total. The van der Waals surface area contributed by atoms with E-state index in [0.717, 1.165) is 38.2 Å². The summed E-state index contributed by atoms with van der Waals surface area (Å²) < 4.78 is 7.41. The summed E-state index contributed by atoms with van der Waals surface area (Å²) in [6.07, 6.45) is 12.9. The highest BCUT2D eigenvalue weighted by molar-refractivity contribution is 5.46. The maximum Gasteiger partial charge on any atom is 0.126 e. The van der Waals surface area contributed by atoms with Crippen molar-refractivity contribution >= 4 is 6.08 Å². The van der Waals surface area contributed by atoms with Crippen molar-refractivity contribution in [3.8, 4) is 0 Å². The maximum absolute atomic E-state index is 11.5. The molecule has 28 heavy (non-hydrogen) atoms. The van der Waals surface area contributed by atoms with Gasteiger partial charge in [-0.2, -0.15) is 0 Å². The molecule has 1 aliphatic heterocycles. The van der Waals surface area contributed by atoms with E-state index >= 15 is 0 Å². The van der Waals surface area contributed by atoms with Crippen LogP contribution in [0.1, 0.15) is 35.8 Å². The third kappa shape index (κ3) is 2.82. The minimum absolute atomic E-state index is 0.0518. The van der Waals surface area contributed by atoms with E-state index in [1.54, 1.807) is 12.5 Å². The Morgan fingerprint density at radius 3 is 2.79 bits per heavy atom. The van der Waals surface area contributed by atoms with Crippen molar-refractivity contribution in [2.45, 2.75) is 30.4 Å². The molecular weight excluding hydrogens is 350 g/mol. The van der Waals surface area contributed by atoms with Crippen molar-refractivity contribution in [3.63, 3.8) is 0 Å². The fourth-order valence-electron chi connectivity index (χ4n) is 5.00. The van der Waals surface area contributed by atoms with E-state index < -0.39 is 6.10 Å². The van der Waals surface area contributed by atoms with Gasteiger partial charge in [-0.15, -0.1) is 0 Å². The Balaban J connectivity index is 1.35. The molecule has 1 aliphatic carbocycles. The first-order valence-corrected chi connectivity index (χ1v) is 9.95. The van der Waals surface area contributed by atoms with Crippen LogP contribution in [0.2, 0.25) is 0 Å². The molecule has 1 fully saturated rings. The zero-order chi connectivity index (χ0) is 19.0. The Morgan fingerprint density at radius 1 is 1.18 bits per heavy atom. The number of fused-ring (bicyclic) bond motifs is 2. The zero-order valence-corrected chi connectivity index (χ0v) is 15.8. The van der Waals surface area contributed by atoms with E-state index in [1.165, 1.54) is 11.1 Å². The number of rotatable bonds is 4. The quantitative estimate of drug-likeness (QED) is 0.758. The van der Waals surface area contributed by atoms with Gasteiger partial charge in [0.05, 0.1) is 24.7 Å². The molecule has 2 aliphatic rings. The molecule has 1 spiro atoms. The molecule has 0 amide bonds. The van der Waals surface area contributed by atoms with Gasteiger partial charge < -0.3 is 14.1 Å². The zero-order valence-electron chi connectivity index (χ0n) is 15.8. The second kappa shape index (κ2) is 7.08. The fourth-order valence-corrected chi connectivity index (χ4v) is 5.00. The molecule has 2 aromatic heterocycles. The SMILES string of the molecule is O[C@H]1[C@H](n2ccnc2)c2ccccc2C12CCN(CC=Cc1ccco1)CC2. The summed E-state index contributed by atoms with van der Waals surface area (Å²) in [7, 11) is 0. The van der Waals surface area contributed by atoms with Crippen molar-refractivity contribution in [1.29, 1.82) is 0 Å². The van der Waals surface area contributed by atoms with Crippen LogP contribution in [0.25, 0.3) is 6.08 Å². The van der Waals surface area contributed by atoms with Gasteiger partial charge in [-0.3, -0.25) is 4.90 Å². The molecular formula is C23H25N3O2. The van der Waals surface area contributed by atoms with Gasteiger partial charge >= 0.3 is 0 Å². The van der Waals surface area contributed by atoms with Crippen LogP contribution < -0.4 is 0 Å². The van der Waals surface area contributed by atoms with Crippen LogP contribution in [0.5, 0.6) is 0 Å². The first-order valence-electron chi connectivity index (χ1n) is 9.95. The largest absolute Gasteiger partial charge is 0.465 e. The van der Waals surface area contributed by atoms with Gasteiger partial charge in [0.15, 0.2) is 0 Å². The normalized spacial score (nSPS) is 24.2. The van der Waals surface area contributed by atoms with Crippen molar-refractivity contribution in [2.24, 2.45) is 0 Å². The molecule has 0 unspecified atom stereocenters. The number of piperidine rings is 1. The lowest BCUT2D eigenvalue weighted by Gasteiger charge is -2.42. The molecule has 1 saturated heterocycles. The summed E-state index contributed by atoms with van der Waals surface area (Å²) in [6.45, 7) is 2.86. The number of nitrogens with zero attached hydrogens (tertiary/aromatic N) is 3. The Hall–Kier alpha value is -2.63. The van der Waals surface area contributed by atoms with Gasteiger partial charge in [0.25, 0.3) is 0 Å². The van der Waals surface area contributed by atoms with Gasteiger partial charge in [0.2, 0.25) is 0 Å². The number of aliphatic hydroxyl groups is 1. The van der Waals surface area contributed by atoms with Crippen LogP contribution >= 0.6 is 0 Å². The summed E-state index contributed by atoms with van der Waals surface area (Å²) in [5.41, 5.74) is 2.37. The van der Waals surface area contributed by atoms with E-state index in [9.17, 15) is 5.11 Å². The number of furan rings is 1. The van der Waals surface area contributed by atoms with Crippen molar-refractivity contribution in [2.75, 3.05) is 19.6 Å². The predicted molar refractivity (Wildman–Crippen MR) is 108 cm³/mol. The molecule has 0 bridgehead atoms. The fraction of sp³-hybridized carbons (Fsp3) is 0.348. The summed E-state index contributed by atoms with van der Waals surface area (Å²) in [5, 5.41) is 11.5. The lowest BCUT2D eigenvalue weighted by molar-refractivity contribution is 0.0245. The van der Waals surface area contributed by atoms with Gasteiger partial charge in [-0.05, 0) is 55.3 Å². The number of hydrogen-bond donors (Lipinski definition) is 1. The minimum Gasteiger partial charge on any atom is -0.465 e. The molecule has 5 nitrogen and oxygen atoms in total. The van der Waals surface area contributed by atoms with Crippen LogP contribution in [0.4, 0.5) is 0 Å². The standard InChI is InChI=1S/C23H25N3O2/c27-22-21(26-15-11-24-17-26)19-7-1-2-8-20(19)23(22)9-13-25(14-10-23)12-3-5-18-6-4-16-28-18/h1-8,11,15-17,21-22,27H,9-10,12-14H2/t21-,22+/m1/s1. The van der Waals surface area contributed by atoms with Crippen LogP contribution in [0.3, 0.4) is 0 Å². The molecule has 5 heteroatoms. The highest BCUT2D eigenvalue weighted by Crippen LogP contribution is 2.52. The number of aromatic nitrogens is 2. The number of benzene rings is 1. The van der Waals surface area contributed by atoms with Crippen LogP contribution in [0.15, 0.2) is 71.9 Å². The minimum atomic E-state index is -0.431. The summed E-state index contributed by atoms with van der Waals surface area (Å²) in [5.74, 6) is 0.886. The second-order valence-electron chi connectivity index (χ2n) is 7.86. The lowest BCUT2D eigenvalue weighted by Crippen LogP contribution is -2.48. The number of hydrogen-bond acceptors (Lipinski definition) is 4. The monoisotopic (exact) mass is 375 g/mol. The first-order chi connectivity index (χ1) is 13.8. The second-order valence-corrected chi connectivity index (χ2v) is 7.86. The topological polar surface area (TPSA) is 54.4 Å². The number of aliphatic hydroxyl groups excluding tert-OH is 1. The molecule has 144 valence electrons. The predicted octanol–water partition coefficient (Wildman–Crippen LogP) is 3.49. The van der Waals surface area contributed by atoms with Crippen LogP contribution in [0, 0.1) is 0 Å². The van der Waals surface area contributed by atoms with Gasteiger partial charge in [-0.1, -0.05) is 30.3 Å². The van der Waals surface area contributed by atoms with Crippen LogP contribution in [-0.4, -0.2) is 45.3 Å². The van der Waals surface area contributed by atoms with E-state index in [2.05, 4.69) is 44.8 Å². The van der Waals surface area contributed by atoms with Crippen LogP contribution in [-0.2, 0) is 5.41 Å².